The molecule has 0 saturated carbocycles. The lowest BCUT2D eigenvalue weighted by atomic mass is 10.1. The molecule has 1 aromatic carbocycles. The van der Waals surface area contributed by atoms with Gasteiger partial charge in [0.25, 0.3) is 0 Å². The van der Waals surface area contributed by atoms with Gasteiger partial charge in [-0.05, 0) is 28.4 Å². The number of hydrogen-bond donors (Lipinski definition) is 2. The zero-order chi connectivity index (χ0) is 11.6. The number of nitrogens with zero attached hydrogens (tertiary/aromatic N) is 1. The van der Waals surface area contributed by atoms with Gasteiger partial charge in [0.15, 0.2) is 5.75 Å². The number of nitro benzene ring substituents is 1. The van der Waals surface area contributed by atoms with Crippen molar-refractivity contribution >= 4 is 21.6 Å². The number of rotatable bonds is 3. The summed E-state index contributed by atoms with van der Waals surface area (Å²) in [7, 11) is 0. The van der Waals surface area contributed by atoms with Gasteiger partial charge in [0.1, 0.15) is 10.3 Å². The van der Waals surface area contributed by atoms with Crippen LogP contribution in [0.5, 0.6) is 5.75 Å². The monoisotopic (exact) mass is 279 g/mol. The zero-order valence-electron chi connectivity index (χ0n) is 7.41. The van der Waals surface area contributed by atoms with Gasteiger partial charge in [0.2, 0.25) is 0 Å². The van der Waals surface area contributed by atoms with Crippen LogP contribution in [0.2, 0.25) is 0 Å². The van der Waals surface area contributed by atoms with E-state index in [9.17, 15) is 19.6 Å². The van der Waals surface area contributed by atoms with Crippen LogP contribution >= 0.6 is 15.9 Å². The van der Waals surface area contributed by atoms with E-state index in [-0.39, 0.29) is 18.6 Å². The Morgan fingerprint density at radius 1 is 1.60 bits per heavy atom. The van der Waals surface area contributed by atoms with Gasteiger partial charge in [-0.2, -0.15) is 0 Å². The van der Waals surface area contributed by atoms with Crippen LogP contribution in [0.15, 0.2) is 10.5 Å². The Bertz CT molecular complexity index is 410. The third kappa shape index (κ3) is 2.24. The first-order chi connectivity index (χ1) is 6.99. The number of nitro groups is 1. The molecule has 7 heteroatoms. The Morgan fingerprint density at radius 2 is 2.20 bits per heavy atom. The Balaban J connectivity index is 3.42. The van der Waals surface area contributed by atoms with Gasteiger partial charge in [0.05, 0.1) is 4.92 Å². The predicted molar refractivity (Wildman–Crippen MR) is 53.2 cm³/mol. The van der Waals surface area contributed by atoms with Crippen LogP contribution in [0, 0.1) is 15.9 Å². The second kappa shape index (κ2) is 4.54. The summed E-state index contributed by atoms with van der Waals surface area (Å²) in [5, 5.41) is 28.6. The third-order valence-corrected chi connectivity index (χ3v) is 2.57. The highest BCUT2D eigenvalue weighted by Crippen LogP contribution is 2.38. The molecule has 0 saturated heterocycles. The van der Waals surface area contributed by atoms with Gasteiger partial charge in [0, 0.05) is 12.2 Å². The van der Waals surface area contributed by atoms with Crippen molar-refractivity contribution in [2.24, 2.45) is 0 Å². The fourth-order valence-corrected chi connectivity index (χ4v) is 1.58. The number of phenolic OH excluding ortho intramolecular Hbond substituents is 1. The molecular formula is C8H7BrFNO4. The van der Waals surface area contributed by atoms with Crippen LogP contribution in [0.1, 0.15) is 5.56 Å². The van der Waals surface area contributed by atoms with Crippen LogP contribution in [0.3, 0.4) is 0 Å². The van der Waals surface area contributed by atoms with E-state index in [1.54, 1.807) is 0 Å². The molecule has 0 fully saturated rings. The fraction of sp³-hybridized carbons (Fsp3) is 0.250. The molecule has 0 heterocycles. The van der Waals surface area contributed by atoms with Gasteiger partial charge in [-0.1, -0.05) is 0 Å². The smallest absolute Gasteiger partial charge is 0.328 e. The molecule has 0 aliphatic heterocycles. The molecule has 1 rings (SSSR count). The first kappa shape index (κ1) is 11.9. The molecule has 82 valence electrons. The molecule has 5 nitrogen and oxygen atoms in total. The normalized spacial score (nSPS) is 10.3. The van der Waals surface area contributed by atoms with Crippen LogP contribution in [-0.2, 0) is 6.42 Å². The predicted octanol–water partition coefficient (Wildman–Crippen LogP) is 1.74. The summed E-state index contributed by atoms with van der Waals surface area (Å²) in [4.78, 5) is 9.65. The minimum atomic E-state index is -0.886. The number of aliphatic hydroxyl groups excluding tert-OH is 1. The summed E-state index contributed by atoms with van der Waals surface area (Å²) in [6.45, 7) is -0.328. The summed E-state index contributed by atoms with van der Waals surface area (Å²) in [5.74, 6) is -1.47. The highest BCUT2D eigenvalue weighted by molar-refractivity contribution is 9.10. The van der Waals surface area contributed by atoms with Crippen molar-refractivity contribution in [3.8, 4) is 5.75 Å². The lowest BCUT2D eigenvalue weighted by Crippen LogP contribution is -1.99. The van der Waals surface area contributed by atoms with Crippen LogP contribution in [-0.4, -0.2) is 21.7 Å². The van der Waals surface area contributed by atoms with Crippen molar-refractivity contribution < 1.29 is 19.5 Å². The quantitative estimate of drug-likeness (QED) is 0.652. The minimum absolute atomic E-state index is 0.00454. The van der Waals surface area contributed by atoms with Gasteiger partial charge < -0.3 is 10.2 Å². The Morgan fingerprint density at radius 3 is 2.67 bits per heavy atom. The molecule has 0 radical (unpaired) electrons. The number of aliphatic hydroxyl groups is 1. The van der Waals surface area contributed by atoms with Crippen molar-refractivity contribution in [3.63, 3.8) is 0 Å². The highest BCUT2D eigenvalue weighted by Gasteiger charge is 2.25. The number of aromatic hydroxyl groups is 1. The van der Waals surface area contributed by atoms with E-state index in [1.165, 1.54) is 0 Å². The molecule has 0 spiro atoms. The van der Waals surface area contributed by atoms with Crippen molar-refractivity contribution in [1.82, 2.24) is 0 Å². The first-order valence-corrected chi connectivity index (χ1v) is 4.73. The Hall–Kier alpha value is -1.21. The standard InChI is InChI=1S/C8H7BrFNO4/c9-6-5(10)3-4(1-2-12)8(13)7(6)11(14)15/h3,12-13H,1-2H2. The molecular weight excluding hydrogens is 273 g/mol. The number of hydrogen-bond acceptors (Lipinski definition) is 4. The van der Waals surface area contributed by atoms with Crippen molar-refractivity contribution in [2.75, 3.05) is 6.61 Å². The maximum Gasteiger partial charge on any atom is 0.328 e. The van der Waals surface area contributed by atoms with E-state index in [0.29, 0.717) is 0 Å². The Kier molecular flexibility index (Phi) is 3.59. The zero-order valence-corrected chi connectivity index (χ0v) is 8.99. The number of benzene rings is 1. The van der Waals surface area contributed by atoms with Gasteiger partial charge in [-0.15, -0.1) is 0 Å². The maximum absolute atomic E-state index is 13.2. The van der Waals surface area contributed by atoms with Crippen LogP contribution in [0.4, 0.5) is 10.1 Å². The summed E-state index contributed by atoms with van der Waals surface area (Å²) in [6, 6.07) is 0.947. The molecule has 0 unspecified atom stereocenters. The molecule has 15 heavy (non-hydrogen) atoms. The minimum Gasteiger partial charge on any atom is -0.502 e. The summed E-state index contributed by atoms with van der Waals surface area (Å²) >= 11 is 2.68. The lowest BCUT2D eigenvalue weighted by Gasteiger charge is -2.05. The average molecular weight is 280 g/mol. The van der Waals surface area contributed by atoms with E-state index >= 15 is 0 Å². The van der Waals surface area contributed by atoms with E-state index < -0.39 is 26.7 Å². The SMILES string of the molecule is O=[N+]([O-])c1c(O)c(CCO)cc(F)c1Br. The average Bonchev–Trinajstić information content (AvgIpc) is 2.14. The van der Waals surface area contributed by atoms with Gasteiger partial charge in [-0.25, -0.2) is 4.39 Å². The fourth-order valence-electron chi connectivity index (χ4n) is 1.13. The molecule has 0 aliphatic carbocycles. The molecule has 0 aliphatic rings. The van der Waals surface area contributed by atoms with Crippen LogP contribution in [0.25, 0.3) is 0 Å². The molecule has 2 N–H and O–H groups in total. The molecule has 0 bridgehead atoms. The maximum atomic E-state index is 13.2. The lowest BCUT2D eigenvalue weighted by molar-refractivity contribution is -0.386. The van der Waals surface area contributed by atoms with Crippen LogP contribution < -0.4 is 0 Å². The molecule has 1 aromatic rings. The second-order valence-electron chi connectivity index (χ2n) is 2.76. The van der Waals surface area contributed by atoms with Crippen molar-refractivity contribution in [3.05, 3.63) is 32.0 Å². The summed E-state index contributed by atoms with van der Waals surface area (Å²) < 4.78 is 12.8. The summed E-state index contributed by atoms with van der Waals surface area (Å²) in [6.07, 6.45) is -0.0448. The largest absolute Gasteiger partial charge is 0.502 e. The molecule has 0 aromatic heterocycles. The summed E-state index contributed by atoms with van der Waals surface area (Å²) in [5.41, 5.74) is -0.719. The topological polar surface area (TPSA) is 83.6 Å². The third-order valence-electron chi connectivity index (χ3n) is 1.81. The molecule has 0 atom stereocenters. The van der Waals surface area contributed by atoms with E-state index in [4.69, 9.17) is 5.11 Å². The van der Waals surface area contributed by atoms with E-state index in [0.717, 1.165) is 6.07 Å². The number of phenols is 1. The second-order valence-corrected chi connectivity index (χ2v) is 3.55. The Labute approximate surface area is 92.4 Å². The van der Waals surface area contributed by atoms with E-state index in [1.807, 2.05) is 0 Å². The van der Waals surface area contributed by atoms with E-state index in [2.05, 4.69) is 15.9 Å². The van der Waals surface area contributed by atoms with Gasteiger partial charge >= 0.3 is 5.69 Å². The van der Waals surface area contributed by atoms with Crippen molar-refractivity contribution in [1.29, 1.82) is 0 Å². The molecule has 0 amide bonds. The highest BCUT2D eigenvalue weighted by atomic mass is 79.9. The van der Waals surface area contributed by atoms with Gasteiger partial charge in [-0.3, -0.25) is 10.1 Å². The van der Waals surface area contributed by atoms with Crippen molar-refractivity contribution in [2.45, 2.75) is 6.42 Å². The first-order valence-electron chi connectivity index (χ1n) is 3.94. The number of halogens is 2.